The first kappa shape index (κ1) is 16.9. The lowest BCUT2D eigenvalue weighted by Gasteiger charge is -2.23. The number of hydrogen-bond donors (Lipinski definition) is 1. The second kappa shape index (κ2) is 7.38. The van der Waals surface area contributed by atoms with E-state index in [2.05, 4.69) is 5.32 Å². The molecule has 0 saturated heterocycles. The molecule has 2 aromatic carbocycles. The van der Waals surface area contributed by atoms with Crippen LogP contribution < -0.4 is 14.8 Å². The van der Waals surface area contributed by atoms with Crippen LogP contribution in [0, 0.1) is 5.92 Å². The van der Waals surface area contributed by atoms with Gasteiger partial charge in [0.05, 0.1) is 12.6 Å². The molecule has 0 radical (unpaired) electrons. The molecule has 5 heteroatoms. The summed E-state index contributed by atoms with van der Waals surface area (Å²) in [5.74, 6) is 1.96. The Morgan fingerprint density at radius 3 is 2.54 bits per heavy atom. The van der Waals surface area contributed by atoms with Crippen LogP contribution in [0.5, 0.6) is 11.5 Å². The molecule has 5 nitrogen and oxygen atoms in total. The van der Waals surface area contributed by atoms with Gasteiger partial charge in [0.15, 0.2) is 11.5 Å². The molecule has 1 N–H and O–H groups in total. The third kappa shape index (κ3) is 3.68. The molecule has 2 aromatic rings. The predicted molar refractivity (Wildman–Crippen MR) is 97.5 cm³/mol. The number of ether oxygens (including phenoxy) is 3. The molecule has 0 aromatic heterocycles. The van der Waals surface area contributed by atoms with Crippen LogP contribution in [0.4, 0.5) is 0 Å². The van der Waals surface area contributed by atoms with Gasteiger partial charge in [-0.3, -0.25) is 4.79 Å². The predicted octanol–water partition coefficient (Wildman–Crippen LogP) is 3.49. The molecule has 136 valence electrons. The lowest BCUT2D eigenvalue weighted by Crippen LogP contribution is -2.30. The van der Waals surface area contributed by atoms with Crippen molar-refractivity contribution >= 4 is 5.91 Å². The fourth-order valence-corrected chi connectivity index (χ4v) is 3.30. The smallest absolute Gasteiger partial charge is 0.251 e. The van der Waals surface area contributed by atoms with E-state index < -0.39 is 0 Å². The fraction of sp³-hybridized carbons (Fsp3) is 0.381. The van der Waals surface area contributed by atoms with E-state index in [9.17, 15) is 4.79 Å². The zero-order valence-electron chi connectivity index (χ0n) is 14.9. The van der Waals surface area contributed by atoms with Gasteiger partial charge in [0.2, 0.25) is 0 Å². The number of nitrogens with one attached hydrogen (secondary N) is 1. The maximum absolute atomic E-state index is 12.7. The summed E-state index contributed by atoms with van der Waals surface area (Å²) in [6.45, 7) is 1.68. The van der Waals surface area contributed by atoms with Gasteiger partial charge in [0.25, 0.3) is 5.91 Å². The summed E-state index contributed by atoms with van der Waals surface area (Å²) in [5, 5.41) is 3.20. The van der Waals surface area contributed by atoms with E-state index in [4.69, 9.17) is 14.2 Å². The van der Waals surface area contributed by atoms with E-state index >= 15 is 0 Å². The highest BCUT2D eigenvalue weighted by atomic mass is 16.6. The molecule has 1 saturated carbocycles. The summed E-state index contributed by atoms with van der Waals surface area (Å²) in [6.07, 6.45) is 2.26. The fourth-order valence-electron chi connectivity index (χ4n) is 3.30. The number of amides is 1. The average Bonchev–Trinajstić information content (AvgIpc) is 3.51. The van der Waals surface area contributed by atoms with Crippen molar-refractivity contribution < 1.29 is 19.0 Å². The van der Waals surface area contributed by atoms with Crippen molar-refractivity contribution in [1.29, 1.82) is 0 Å². The number of rotatable bonds is 6. The Bertz CT molecular complexity index is 783. The van der Waals surface area contributed by atoms with Gasteiger partial charge in [-0.15, -0.1) is 0 Å². The van der Waals surface area contributed by atoms with Crippen LogP contribution in [-0.2, 0) is 11.3 Å². The SMILES string of the molecule is COCc1ccc(C(=O)N[C@H](c2ccc3c(c2)OCCO3)C2CC2)cc1. The second-order valence-corrected chi connectivity index (χ2v) is 6.82. The topological polar surface area (TPSA) is 56.8 Å². The quantitative estimate of drug-likeness (QED) is 0.864. The van der Waals surface area contributed by atoms with E-state index in [-0.39, 0.29) is 11.9 Å². The lowest BCUT2D eigenvalue weighted by atomic mass is 10.0. The first-order chi connectivity index (χ1) is 12.7. The standard InChI is InChI=1S/C21H23NO4/c1-24-13-14-2-4-16(5-3-14)21(23)22-20(15-6-7-15)17-8-9-18-19(12-17)26-11-10-25-18/h2-5,8-9,12,15,20H,6-7,10-11,13H2,1H3,(H,22,23)/t20-/m0/s1. The largest absolute Gasteiger partial charge is 0.486 e. The summed E-state index contributed by atoms with van der Waals surface area (Å²) in [6, 6.07) is 13.5. The van der Waals surface area contributed by atoms with Crippen molar-refractivity contribution in [2.24, 2.45) is 5.92 Å². The van der Waals surface area contributed by atoms with Crippen molar-refractivity contribution in [3.8, 4) is 11.5 Å². The summed E-state index contributed by atoms with van der Waals surface area (Å²) < 4.78 is 16.4. The number of benzene rings is 2. The molecule has 1 atom stereocenters. The monoisotopic (exact) mass is 353 g/mol. The van der Waals surface area contributed by atoms with Crippen LogP contribution in [0.15, 0.2) is 42.5 Å². The first-order valence-corrected chi connectivity index (χ1v) is 9.03. The Hall–Kier alpha value is -2.53. The van der Waals surface area contributed by atoms with Crippen LogP contribution in [0.25, 0.3) is 0 Å². The zero-order valence-corrected chi connectivity index (χ0v) is 14.9. The van der Waals surface area contributed by atoms with Crippen LogP contribution in [-0.4, -0.2) is 26.2 Å². The molecule has 2 aliphatic rings. The van der Waals surface area contributed by atoms with E-state index in [0.29, 0.717) is 31.3 Å². The Kier molecular flexibility index (Phi) is 4.80. The first-order valence-electron chi connectivity index (χ1n) is 9.03. The van der Waals surface area contributed by atoms with Crippen LogP contribution in [0.2, 0.25) is 0 Å². The van der Waals surface area contributed by atoms with Crippen molar-refractivity contribution in [3.63, 3.8) is 0 Å². The number of carbonyl (C=O) groups is 1. The highest BCUT2D eigenvalue weighted by Crippen LogP contribution is 2.43. The van der Waals surface area contributed by atoms with E-state index in [0.717, 1.165) is 35.5 Å². The van der Waals surface area contributed by atoms with Gasteiger partial charge in [-0.05, 0) is 54.2 Å². The molecular weight excluding hydrogens is 330 g/mol. The number of methoxy groups -OCH3 is 1. The van der Waals surface area contributed by atoms with Crippen LogP contribution in [0.3, 0.4) is 0 Å². The average molecular weight is 353 g/mol. The molecule has 26 heavy (non-hydrogen) atoms. The summed E-state index contributed by atoms with van der Waals surface area (Å²) in [5.41, 5.74) is 2.78. The Labute approximate surface area is 153 Å². The van der Waals surface area contributed by atoms with E-state index in [1.165, 1.54) is 0 Å². The molecular formula is C21H23NO4. The summed E-state index contributed by atoms with van der Waals surface area (Å²) >= 11 is 0. The highest BCUT2D eigenvalue weighted by Gasteiger charge is 2.34. The third-order valence-corrected chi connectivity index (χ3v) is 4.83. The molecule has 1 aliphatic heterocycles. The minimum absolute atomic E-state index is 0.00280. The van der Waals surface area contributed by atoms with Crippen molar-refractivity contribution in [2.45, 2.75) is 25.5 Å². The lowest BCUT2D eigenvalue weighted by molar-refractivity contribution is 0.0931. The highest BCUT2D eigenvalue weighted by molar-refractivity contribution is 5.94. The van der Waals surface area contributed by atoms with E-state index in [1.54, 1.807) is 7.11 Å². The van der Waals surface area contributed by atoms with Crippen molar-refractivity contribution in [1.82, 2.24) is 5.32 Å². The Morgan fingerprint density at radius 2 is 1.85 bits per heavy atom. The van der Waals surface area contributed by atoms with Crippen LogP contribution in [0.1, 0.15) is 40.4 Å². The minimum atomic E-state index is -0.0549. The molecule has 0 bridgehead atoms. The Morgan fingerprint density at radius 1 is 1.12 bits per heavy atom. The molecule has 0 unspecified atom stereocenters. The number of hydrogen-bond acceptors (Lipinski definition) is 4. The number of carbonyl (C=O) groups excluding carboxylic acids is 1. The zero-order chi connectivity index (χ0) is 17.9. The molecule has 1 aliphatic carbocycles. The number of fused-ring (bicyclic) bond motifs is 1. The van der Waals surface area contributed by atoms with Gasteiger partial charge < -0.3 is 19.5 Å². The van der Waals surface area contributed by atoms with E-state index in [1.807, 2.05) is 42.5 Å². The molecule has 1 fully saturated rings. The van der Waals surface area contributed by atoms with Crippen molar-refractivity contribution in [2.75, 3.05) is 20.3 Å². The van der Waals surface area contributed by atoms with Gasteiger partial charge in [-0.1, -0.05) is 18.2 Å². The normalized spacial score (nSPS) is 16.8. The summed E-state index contributed by atoms with van der Waals surface area (Å²) in [4.78, 5) is 12.7. The maximum Gasteiger partial charge on any atom is 0.251 e. The van der Waals surface area contributed by atoms with Crippen molar-refractivity contribution in [3.05, 3.63) is 59.2 Å². The van der Waals surface area contributed by atoms with Gasteiger partial charge in [-0.2, -0.15) is 0 Å². The molecule has 0 spiro atoms. The van der Waals surface area contributed by atoms with Crippen LogP contribution >= 0.6 is 0 Å². The molecule has 1 heterocycles. The van der Waals surface area contributed by atoms with Gasteiger partial charge in [-0.25, -0.2) is 0 Å². The van der Waals surface area contributed by atoms with Gasteiger partial charge >= 0.3 is 0 Å². The second-order valence-electron chi connectivity index (χ2n) is 6.82. The Balaban J connectivity index is 1.51. The minimum Gasteiger partial charge on any atom is -0.486 e. The molecule has 1 amide bonds. The summed E-state index contributed by atoms with van der Waals surface area (Å²) in [7, 11) is 1.66. The molecule has 4 rings (SSSR count). The van der Waals surface area contributed by atoms with Gasteiger partial charge in [0, 0.05) is 12.7 Å². The third-order valence-electron chi connectivity index (χ3n) is 4.83. The van der Waals surface area contributed by atoms with Gasteiger partial charge in [0.1, 0.15) is 13.2 Å². The maximum atomic E-state index is 12.7.